The number of nitrogens with zero attached hydrogens (tertiary/aromatic N) is 1. The van der Waals surface area contributed by atoms with Crippen molar-refractivity contribution in [1.29, 1.82) is 0 Å². The summed E-state index contributed by atoms with van der Waals surface area (Å²) in [6, 6.07) is 27.6. The molecule has 0 saturated heterocycles. The molecule has 2 heterocycles. The number of thiophene rings is 1. The minimum absolute atomic E-state index is 1.07. The molecule has 28 heavy (non-hydrogen) atoms. The third-order valence-corrected chi connectivity index (χ3v) is 5.67. The van der Waals surface area contributed by atoms with E-state index in [4.69, 9.17) is 0 Å². The Morgan fingerprint density at radius 3 is 2.32 bits per heavy atom. The van der Waals surface area contributed by atoms with E-state index in [9.17, 15) is 0 Å². The first kappa shape index (κ1) is 18.2. The van der Waals surface area contributed by atoms with Crippen LogP contribution in [0.1, 0.15) is 13.8 Å². The number of nitrogens with one attached hydrogen (secondary N) is 1. The highest BCUT2D eigenvalue weighted by Gasteiger charge is 2.06. The molecule has 3 heteroatoms. The third kappa shape index (κ3) is 3.62. The predicted molar refractivity (Wildman–Crippen MR) is 124 cm³/mol. The van der Waals surface area contributed by atoms with E-state index in [1.807, 2.05) is 37.4 Å². The van der Waals surface area contributed by atoms with Gasteiger partial charge in [0.15, 0.2) is 0 Å². The van der Waals surface area contributed by atoms with Gasteiger partial charge in [0.1, 0.15) is 0 Å². The summed E-state index contributed by atoms with van der Waals surface area (Å²) in [7, 11) is 0. The van der Waals surface area contributed by atoms with Crippen LogP contribution in [0.5, 0.6) is 0 Å². The van der Waals surface area contributed by atoms with Crippen molar-refractivity contribution in [3.05, 3.63) is 91.3 Å². The Morgan fingerprint density at radius 2 is 1.46 bits per heavy atom. The van der Waals surface area contributed by atoms with Crippen LogP contribution in [0.25, 0.3) is 31.3 Å². The molecule has 2 aromatic heterocycles. The highest BCUT2D eigenvalue weighted by atomic mass is 32.1. The number of aromatic nitrogens is 1. The van der Waals surface area contributed by atoms with Crippen molar-refractivity contribution < 1.29 is 0 Å². The van der Waals surface area contributed by atoms with Gasteiger partial charge in [-0.15, -0.1) is 11.3 Å². The zero-order valence-corrected chi connectivity index (χ0v) is 16.8. The number of benzene rings is 3. The normalized spacial score (nSPS) is 10.5. The first-order valence-corrected chi connectivity index (χ1v) is 10.4. The molecular formula is C25H22N2S. The fourth-order valence-electron chi connectivity index (χ4n) is 3.28. The maximum absolute atomic E-state index is 4.21. The lowest BCUT2D eigenvalue weighted by molar-refractivity contribution is 1.33. The molecule has 0 aliphatic rings. The topological polar surface area (TPSA) is 24.9 Å². The molecule has 0 aliphatic carbocycles. The summed E-state index contributed by atoms with van der Waals surface area (Å²) in [4.78, 5) is 4.21. The lowest BCUT2D eigenvalue weighted by Crippen LogP contribution is -1.90. The average Bonchev–Trinajstić information content (AvgIpc) is 3.14. The summed E-state index contributed by atoms with van der Waals surface area (Å²) in [6.45, 7) is 4.00. The van der Waals surface area contributed by atoms with Gasteiger partial charge < -0.3 is 5.32 Å². The van der Waals surface area contributed by atoms with E-state index in [0.29, 0.717) is 0 Å². The summed E-state index contributed by atoms with van der Waals surface area (Å²) in [5.41, 5.74) is 4.45. The zero-order valence-electron chi connectivity index (χ0n) is 16.0. The van der Waals surface area contributed by atoms with Gasteiger partial charge in [-0.25, -0.2) is 0 Å². The van der Waals surface area contributed by atoms with Crippen molar-refractivity contribution in [2.24, 2.45) is 0 Å². The van der Waals surface area contributed by atoms with Crippen molar-refractivity contribution in [3.8, 4) is 11.1 Å². The predicted octanol–water partition coefficient (Wildman–Crippen LogP) is 7.89. The van der Waals surface area contributed by atoms with Crippen molar-refractivity contribution in [1.82, 2.24) is 4.98 Å². The van der Waals surface area contributed by atoms with E-state index < -0.39 is 0 Å². The molecule has 0 saturated carbocycles. The van der Waals surface area contributed by atoms with E-state index in [1.54, 1.807) is 6.20 Å². The van der Waals surface area contributed by atoms with Gasteiger partial charge in [0, 0.05) is 49.5 Å². The molecule has 5 aromatic rings. The molecule has 2 nitrogen and oxygen atoms in total. The van der Waals surface area contributed by atoms with E-state index in [0.717, 1.165) is 22.5 Å². The summed E-state index contributed by atoms with van der Waals surface area (Å²) in [5, 5.41) is 6.17. The van der Waals surface area contributed by atoms with Gasteiger partial charge in [0.2, 0.25) is 0 Å². The first-order valence-electron chi connectivity index (χ1n) is 9.56. The minimum Gasteiger partial charge on any atom is -0.355 e. The van der Waals surface area contributed by atoms with E-state index in [-0.39, 0.29) is 0 Å². The summed E-state index contributed by atoms with van der Waals surface area (Å²) >= 11 is 1.84. The second-order valence-corrected chi connectivity index (χ2v) is 7.34. The Balaban J connectivity index is 0.000000932. The Kier molecular flexibility index (Phi) is 5.36. The summed E-state index contributed by atoms with van der Waals surface area (Å²) < 4.78 is 2.65. The third-order valence-electron chi connectivity index (χ3n) is 4.52. The maximum Gasteiger partial charge on any atom is 0.0391 e. The van der Waals surface area contributed by atoms with Gasteiger partial charge in [0.05, 0.1) is 0 Å². The molecular weight excluding hydrogens is 360 g/mol. The molecule has 138 valence electrons. The smallest absolute Gasteiger partial charge is 0.0391 e. The molecule has 1 N–H and O–H groups in total. The lowest BCUT2D eigenvalue weighted by atomic mass is 10.1. The number of pyridine rings is 1. The number of rotatable bonds is 3. The second kappa shape index (κ2) is 8.24. The number of hydrogen-bond donors (Lipinski definition) is 1. The molecule has 3 aromatic carbocycles. The molecule has 0 aliphatic heterocycles. The molecule has 0 amide bonds. The van der Waals surface area contributed by atoms with Crippen LogP contribution in [0.3, 0.4) is 0 Å². The highest BCUT2D eigenvalue weighted by molar-refractivity contribution is 7.25. The summed E-state index contributed by atoms with van der Waals surface area (Å²) in [6.07, 6.45) is 3.69. The fourth-order valence-corrected chi connectivity index (χ4v) is 4.37. The minimum atomic E-state index is 1.07. The van der Waals surface area contributed by atoms with Crippen LogP contribution in [0.2, 0.25) is 0 Å². The van der Waals surface area contributed by atoms with Crippen LogP contribution in [-0.4, -0.2) is 4.98 Å². The lowest BCUT2D eigenvalue weighted by Gasteiger charge is -2.09. The van der Waals surface area contributed by atoms with Gasteiger partial charge in [-0.05, 0) is 48.0 Å². The van der Waals surface area contributed by atoms with E-state index >= 15 is 0 Å². The van der Waals surface area contributed by atoms with Crippen molar-refractivity contribution >= 4 is 42.9 Å². The van der Waals surface area contributed by atoms with Crippen molar-refractivity contribution in [3.63, 3.8) is 0 Å². The van der Waals surface area contributed by atoms with Gasteiger partial charge in [-0.2, -0.15) is 0 Å². The Morgan fingerprint density at radius 1 is 0.679 bits per heavy atom. The monoisotopic (exact) mass is 382 g/mol. The molecule has 0 radical (unpaired) electrons. The van der Waals surface area contributed by atoms with Crippen LogP contribution < -0.4 is 5.32 Å². The van der Waals surface area contributed by atoms with Gasteiger partial charge in [0.25, 0.3) is 0 Å². The molecule has 0 spiro atoms. The second-order valence-electron chi connectivity index (χ2n) is 6.26. The van der Waals surface area contributed by atoms with Gasteiger partial charge in [-0.1, -0.05) is 50.2 Å². The van der Waals surface area contributed by atoms with Crippen LogP contribution in [0, 0.1) is 0 Å². The highest BCUT2D eigenvalue weighted by Crippen LogP contribution is 2.35. The number of anilines is 2. The molecule has 5 rings (SSSR count). The molecule has 0 fully saturated rings. The van der Waals surface area contributed by atoms with Crippen molar-refractivity contribution in [2.45, 2.75) is 13.8 Å². The SMILES string of the molecule is CC.c1cncc(-c2cccc(Nc3ccc4sc5ccccc5c4c3)c2)c1. The van der Waals surface area contributed by atoms with Crippen molar-refractivity contribution in [2.75, 3.05) is 5.32 Å². The Labute approximate surface area is 169 Å². The first-order chi connectivity index (χ1) is 13.9. The van der Waals surface area contributed by atoms with Crippen LogP contribution >= 0.6 is 11.3 Å². The maximum atomic E-state index is 4.21. The van der Waals surface area contributed by atoms with Crippen LogP contribution in [-0.2, 0) is 0 Å². The standard InChI is InChI=1S/C23H16N2S.C2H6/c1-2-9-22-20(8-1)21-14-19(10-11-23(21)26-22)25-18-7-3-5-16(13-18)17-6-4-12-24-15-17;1-2/h1-15,25H;1-2H3. The summed E-state index contributed by atoms with van der Waals surface area (Å²) in [5.74, 6) is 0. The van der Waals surface area contributed by atoms with Crippen LogP contribution in [0.15, 0.2) is 91.3 Å². The van der Waals surface area contributed by atoms with Crippen LogP contribution in [0.4, 0.5) is 11.4 Å². The average molecular weight is 383 g/mol. The quantitative estimate of drug-likeness (QED) is 0.343. The fraction of sp³-hybridized carbons (Fsp3) is 0.0800. The van der Waals surface area contributed by atoms with Gasteiger partial charge in [-0.3, -0.25) is 4.98 Å². The van der Waals surface area contributed by atoms with Gasteiger partial charge >= 0.3 is 0 Å². The Bertz CT molecular complexity index is 1210. The molecule has 0 unspecified atom stereocenters. The molecule has 0 bridgehead atoms. The number of fused-ring (bicyclic) bond motifs is 3. The van der Waals surface area contributed by atoms with E-state index in [1.165, 1.54) is 20.2 Å². The molecule has 0 atom stereocenters. The zero-order chi connectivity index (χ0) is 19.3. The van der Waals surface area contributed by atoms with E-state index in [2.05, 4.69) is 83.1 Å². The Hall–Kier alpha value is -3.17. The number of hydrogen-bond acceptors (Lipinski definition) is 3. The largest absolute Gasteiger partial charge is 0.355 e.